The summed E-state index contributed by atoms with van der Waals surface area (Å²) in [4.78, 5) is 10.0. The Morgan fingerprint density at radius 3 is 2.56 bits per heavy atom. The van der Waals surface area contributed by atoms with E-state index in [1.54, 1.807) is 0 Å². The molecule has 0 radical (unpaired) electrons. The normalized spacial score (nSPS) is 17.6. The van der Waals surface area contributed by atoms with E-state index < -0.39 is 14.9 Å². The molecule has 1 aromatic carbocycles. The number of nitro groups is 1. The van der Waals surface area contributed by atoms with E-state index in [9.17, 15) is 18.5 Å². The molecule has 1 saturated heterocycles. The fraction of sp³-hybridized carbons (Fsp3) is 0.400. The van der Waals surface area contributed by atoms with Gasteiger partial charge in [0, 0.05) is 38.3 Å². The number of nitrogens with one attached hydrogen (secondary N) is 1. The van der Waals surface area contributed by atoms with Gasteiger partial charge < -0.3 is 5.32 Å². The number of non-ortho nitro benzene ring substituents is 1. The van der Waals surface area contributed by atoms with Gasteiger partial charge >= 0.3 is 0 Å². The molecule has 1 aromatic rings. The van der Waals surface area contributed by atoms with Crippen molar-refractivity contribution >= 4 is 15.7 Å². The van der Waals surface area contributed by atoms with Crippen LogP contribution in [-0.2, 0) is 10.0 Å². The summed E-state index contributed by atoms with van der Waals surface area (Å²) >= 11 is 0. The number of sulfonamides is 1. The van der Waals surface area contributed by atoms with Gasteiger partial charge in [-0.15, -0.1) is 0 Å². The fourth-order valence-electron chi connectivity index (χ4n) is 1.79. The van der Waals surface area contributed by atoms with Crippen LogP contribution in [0.3, 0.4) is 0 Å². The number of benzene rings is 1. The Morgan fingerprint density at radius 1 is 1.28 bits per heavy atom. The molecule has 7 nitrogen and oxygen atoms in total. The lowest BCUT2D eigenvalue weighted by atomic mass is 10.3. The molecular weight excluding hydrogens is 258 g/mol. The summed E-state index contributed by atoms with van der Waals surface area (Å²) in [6.45, 7) is 1.94. The Labute approximate surface area is 105 Å². The van der Waals surface area contributed by atoms with Gasteiger partial charge in [-0.25, -0.2) is 8.42 Å². The number of rotatable bonds is 3. The van der Waals surface area contributed by atoms with Crippen LogP contribution in [-0.4, -0.2) is 43.8 Å². The van der Waals surface area contributed by atoms with E-state index in [2.05, 4.69) is 5.32 Å². The Bertz CT molecular complexity index is 552. The van der Waals surface area contributed by atoms with E-state index in [0.29, 0.717) is 26.2 Å². The average molecular weight is 271 g/mol. The summed E-state index contributed by atoms with van der Waals surface area (Å²) in [5, 5.41) is 13.7. The molecule has 0 bridgehead atoms. The molecule has 1 fully saturated rings. The van der Waals surface area contributed by atoms with Gasteiger partial charge in [-0.3, -0.25) is 10.1 Å². The third kappa shape index (κ3) is 2.50. The first-order valence-electron chi connectivity index (χ1n) is 5.47. The predicted molar refractivity (Wildman–Crippen MR) is 64.7 cm³/mol. The van der Waals surface area contributed by atoms with Gasteiger partial charge in [0.05, 0.1) is 9.82 Å². The SMILES string of the molecule is O=[N+]([O-])c1cccc(S(=O)(=O)N2CCNCC2)c1. The van der Waals surface area contributed by atoms with Crippen LogP contribution in [0.1, 0.15) is 0 Å². The summed E-state index contributed by atoms with van der Waals surface area (Å²) in [6.07, 6.45) is 0. The van der Waals surface area contributed by atoms with Crippen molar-refractivity contribution in [3.63, 3.8) is 0 Å². The summed E-state index contributed by atoms with van der Waals surface area (Å²) in [7, 11) is -3.63. The summed E-state index contributed by atoms with van der Waals surface area (Å²) in [5.74, 6) is 0. The van der Waals surface area contributed by atoms with Gasteiger partial charge in [-0.1, -0.05) is 6.07 Å². The Hall–Kier alpha value is -1.51. The zero-order valence-electron chi connectivity index (χ0n) is 9.57. The second-order valence-corrected chi connectivity index (χ2v) is 5.85. The zero-order valence-corrected chi connectivity index (χ0v) is 10.4. The smallest absolute Gasteiger partial charge is 0.270 e. The van der Waals surface area contributed by atoms with Gasteiger partial charge in [0.25, 0.3) is 5.69 Å². The minimum Gasteiger partial charge on any atom is -0.314 e. The minimum atomic E-state index is -3.63. The Morgan fingerprint density at radius 2 is 1.94 bits per heavy atom. The molecule has 0 aliphatic carbocycles. The molecule has 2 rings (SSSR count). The lowest BCUT2D eigenvalue weighted by Crippen LogP contribution is -2.46. The van der Waals surface area contributed by atoms with E-state index in [1.165, 1.54) is 22.5 Å². The third-order valence-electron chi connectivity index (χ3n) is 2.74. The molecular formula is C10H13N3O4S. The van der Waals surface area contributed by atoms with Crippen LogP contribution in [0.5, 0.6) is 0 Å². The van der Waals surface area contributed by atoms with Crippen molar-refractivity contribution < 1.29 is 13.3 Å². The molecule has 1 heterocycles. The van der Waals surface area contributed by atoms with Crippen molar-refractivity contribution in [2.24, 2.45) is 0 Å². The summed E-state index contributed by atoms with van der Waals surface area (Å²) in [6, 6.07) is 5.13. The largest absolute Gasteiger partial charge is 0.314 e. The van der Waals surface area contributed by atoms with Crippen molar-refractivity contribution in [3.8, 4) is 0 Å². The van der Waals surface area contributed by atoms with E-state index in [4.69, 9.17) is 0 Å². The average Bonchev–Trinajstić information content (AvgIpc) is 2.40. The minimum absolute atomic E-state index is 0.0291. The second-order valence-electron chi connectivity index (χ2n) is 3.91. The number of piperazine rings is 1. The molecule has 0 spiro atoms. The highest BCUT2D eigenvalue weighted by atomic mass is 32.2. The summed E-state index contributed by atoms with van der Waals surface area (Å²) in [5.41, 5.74) is -0.216. The monoisotopic (exact) mass is 271 g/mol. The standard InChI is InChI=1S/C10H13N3O4S/c14-13(15)9-2-1-3-10(8-9)18(16,17)12-6-4-11-5-7-12/h1-3,8,11H,4-7H2. The molecule has 0 unspecified atom stereocenters. The van der Waals surface area contributed by atoms with Crippen LogP contribution < -0.4 is 5.32 Å². The van der Waals surface area contributed by atoms with E-state index in [0.717, 1.165) is 6.07 Å². The van der Waals surface area contributed by atoms with Crippen LogP contribution in [0, 0.1) is 10.1 Å². The second kappa shape index (κ2) is 5.01. The maximum Gasteiger partial charge on any atom is 0.270 e. The molecule has 1 aliphatic heterocycles. The highest BCUT2D eigenvalue weighted by Crippen LogP contribution is 2.21. The fourth-order valence-corrected chi connectivity index (χ4v) is 3.27. The van der Waals surface area contributed by atoms with Gasteiger partial charge in [0.1, 0.15) is 0 Å². The third-order valence-corrected chi connectivity index (χ3v) is 4.64. The van der Waals surface area contributed by atoms with Gasteiger partial charge in [0.2, 0.25) is 10.0 Å². The van der Waals surface area contributed by atoms with E-state index in [1.807, 2.05) is 0 Å². The molecule has 0 atom stereocenters. The predicted octanol–water partition coefficient (Wildman–Crippen LogP) is 0.189. The topological polar surface area (TPSA) is 92.5 Å². The molecule has 1 N–H and O–H groups in total. The first kappa shape index (κ1) is 12.9. The highest BCUT2D eigenvalue weighted by Gasteiger charge is 2.26. The van der Waals surface area contributed by atoms with Crippen molar-refractivity contribution in [1.82, 2.24) is 9.62 Å². The molecule has 1 aliphatic rings. The van der Waals surface area contributed by atoms with Crippen LogP contribution >= 0.6 is 0 Å². The van der Waals surface area contributed by atoms with Crippen molar-refractivity contribution in [3.05, 3.63) is 34.4 Å². The zero-order chi connectivity index (χ0) is 13.2. The van der Waals surface area contributed by atoms with E-state index >= 15 is 0 Å². The maximum atomic E-state index is 12.2. The molecule has 18 heavy (non-hydrogen) atoms. The number of hydrogen-bond acceptors (Lipinski definition) is 5. The number of hydrogen-bond donors (Lipinski definition) is 1. The lowest BCUT2D eigenvalue weighted by molar-refractivity contribution is -0.385. The molecule has 0 amide bonds. The molecule has 98 valence electrons. The Balaban J connectivity index is 2.34. The van der Waals surface area contributed by atoms with Crippen molar-refractivity contribution in [2.45, 2.75) is 4.90 Å². The van der Waals surface area contributed by atoms with Gasteiger partial charge in [0.15, 0.2) is 0 Å². The van der Waals surface area contributed by atoms with Crippen LogP contribution in [0.4, 0.5) is 5.69 Å². The summed E-state index contributed by atoms with van der Waals surface area (Å²) < 4.78 is 25.8. The first-order valence-corrected chi connectivity index (χ1v) is 6.91. The van der Waals surface area contributed by atoms with E-state index in [-0.39, 0.29) is 10.6 Å². The quantitative estimate of drug-likeness (QED) is 0.625. The number of nitro benzene ring substituents is 1. The van der Waals surface area contributed by atoms with Crippen LogP contribution in [0.25, 0.3) is 0 Å². The molecule has 0 saturated carbocycles. The Kier molecular flexibility index (Phi) is 3.60. The van der Waals surface area contributed by atoms with Crippen molar-refractivity contribution in [1.29, 1.82) is 0 Å². The maximum absolute atomic E-state index is 12.2. The van der Waals surface area contributed by atoms with Gasteiger partial charge in [-0.2, -0.15) is 4.31 Å². The lowest BCUT2D eigenvalue weighted by Gasteiger charge is -2.26. The highest BCUT2D eigenvalue weighted by molar-refractivity contribution is 7.89. The molecule has 0 aromatic heterocycles. The van der Waals surface area contributed by atoms with Crippen LogP contribution in [0.2, 0.25) is 0 Å². The van der Waals surface area contributed by atoms with Gasteiger partial charge in [-0.05, 0) is 6.07 Å². The number of nitrogens with zero attached hydrogens (tertiary/aromatic N) is 2. The molecule has 8 heteroatoms. The first-order chi connectivity index (χ1) is 8.51. The van der Waals surface area contributed by atoms with Crippen LogP contribution in [0.15, 0.2) is 29.2 Å². The van der Waals surface area contributed by atoms with Crippen molar-refractivity contribution in [2.75, 3.05) is 26.2 Å².